The van der Waals surface area contributed by atoms with E-state index in [4.69, 9.17) is 10.5 Å². The van der Waals surface area contributed by atoms with E-state index >= 15 is 0 Å². The molecule has 6 heteroatoms. The van der Waals surface area contributed by atoms with Crippen LogP contribution in [0.25, 0.3) is 0 Å². The van der Waals surface area contributed by atoms with Gasteiger partial charge < -0.3 is 10.5 Å². The highest BCUT2D eigenvalue weighted by molar-refractivity contribution is 5.69. The number of hydrogen-bond donors (Lipinski definition) is 1. The highest BCUT2D eigenvalue weighted by Gasteiger charge is 2.49. The summed E-state index contributed by atoms with van der Waals surface area (Å²) in [4.78, 5) is 12.8. The summed E-state index contributed by atoms with van der Waals surface area (Å²) in [6.07, 6.45) is -1.12. The Kier molecular flexibility index (Phi) is 3.66. The number of amides is 1. The van der Waals surface area contributed by atoms with Gasteiger partial charge in [0.25, 0.3) is 5.92 Å². The van der Waals surface area contributed by atoms with Gasteiger partial charge in [-0.2, -0.15) is 0 Å². The van der Waals surface area contributed by atoms with Crippen LogP contribution in [0.1, 0.15) is 34.1 Å². The Morgan fingerprint density at radius 1 is 1.53 bits per heavy atom. The molecule has 0 aromatic carbocycles. The van der Waals surface area contributed by atoms with E-state index in [2.05, 4.69) is 0 Å². The number of carbonyl (C=O) groups excluding carboxylic acids is 1. The number of likely N-dealkylation sites (tertiary alicyclic amines) is 1. The maximum absolute atomic E-state index is 13.3. The van der Waals surface area contributed by atoms with E-state index in [0.29, 0.717) is 0 Å². The summed E-state index contributed by atoms with van der Waals surface area (Å²) in [7, 11) is 0. The van der Waals surface area contributed by atoms with E-state index in [-0.39, 0.29) is 0 Å². The molecule has 1 saturated heterocycles. The van der Waals surface area contributed by atoms with Crippen molar-refractivity contribution in [3.8, 4) is 0 Å². The number of carbonyl (C=O) groups is 1. The molecule has 1 amide bonds. The average Bonchev–Trinajstić information content (AvgIpc) is 2.38. The molecule has 0 bridgehead atoms. The predicted molar refractivity (Wildman–Crippen MR) is 59.9 cm³/mol. The molecule has 1 heterocycles. The predicted octanol–water partition coefficient (Wildman–Crippen LogP) is 1.98. The molecule has 0 aromatic heterocycles. The lowest BCUT2D eigenvalue weighted by Gasteiger charge is -2.29. The Morgan fingerprint density at radius 2 is 2.06 bits per heavy atom. The van der Waals surface area contributed by atoms with Crippen LogP contribution < -0.4 is 5.73 Å². The maximum atomic E-state index is 13.3. The van der Waals surface area contributed by atoms with Crippen LogP contribution in [0.15, 0.2) is 0 Å². The second kappa shape index (κ2) is 4.40. The van der Waals surface area contributed by atoms with Crippen LogP contribution in [0.2, 0.25) is 0 Å². The molecule has 0 unspecified atom stereocenters. The summed E-state index contributed by atoms with van der Waals surface area (Å²) in [6.45, 7) is 6.08. The van der Waals surface area contributed by atoms with Gasteiger partial charge in [0.1, 0.15) is 5.60 Å². The van der Waals surface area contributed by atoms with Crippen LogP contribution in [-0.4, -0.2) is 41.1 Å². The van der Waals surface area contributed by atoms with E-state index in [0.717, 1.165) is 4.90 Å². The number of rotatable bonds is 1. The van der Waals surface area contributed by atoms with Crippen LogP contribution in [0, 0.1) is 0 Å². The van der Waals surface area contributed by atoms with E-state index < -0.39 is 42.7 Å². The zero-order valence-electron chi connectivity index (χ0n) is 10.7. The third-order valence-corrected chi connectivity index (χ3v) is 2.54. The van der Waals surface area contributed by atoms with Crippen molar-refractivity contribution < 1.29 is 18.3 Å². The molecule has 1 fully saturated rings. The van der Waals surface area contributed by atoms with Gasteiger partial charge >= 0.3 is 6.09 Å². The fourth-order valence-electron chi connectivity index (χ4n) is 1.84. The normalized spacial score (nSPS) is 25.8. The molecule has 0 saturated carbocycles. The molecule has 1 aliphatic rings. The zero-order chi connectivity index (χ0) is 13.4. The summed E-state index contributed by atoms with van der Waals surface area (Å²) in [5, 5.41) is 0. The van der Waals surface area contributed by atoms with Crippen LogP contribution in [0.4, 0.5) is 13.6 Å². The number of nitrogens with zero attached hydrogens (tertiary/aromatic N) is 1. The molecule has 4 nitrogen and oxygen atoms in total. The Labute approximate surface area is 100 Å². The van der Waals surface area contributed by atoms with Crippen molar-refractivity contribution in [2.75, 3.05) is 6.54 Å². The topological polar surface area (TPSA) is 55.6 Å². The molecule has 2 atom stereocenters. The molecule has 100 valence electrons. The third kappa shape index (κ3) is 3.80. The molecule has 1 rings (SSSR count). The summed E-state index contributed by atoms with van der Waals surface area (Å²) in [5.41, 5.74) is 4.93. The summed E-state index contributed by atoms with van der Waals surface area (Å²) >= 11 is 0. The first kappa shape index (κ1) is 14.2. The number of nitrogens with two attached hydrogens (primary N) is 1. The van der Waals surface area contributed by atoms with Crippen LogP contribution in [0.5, 0.6) is 0 Å². The highest BCUT2D eigenvalue weighted by atomic mass is 19.3. The Balaban J connectivity index is 2.77. The van der Waals surface area contributed by atoms with Gasteiger partial charge in [0.2, 0.25) is 0 Å². The van der Waals surface area contributed by atoms with Crippen molar-refractivity contribution in [1.29, 1.82) is 0 Å². The fourth-order valence-corrected chi connectivity index (χ4v) is 1.84. The molecular weight excluding hydrogens is 230 g/mol. The van der Waals surface area contributed by atoms with Gasteiger partial charge in [-0.1, -0.05) is 0 Å². The number of halogens is 2. The van der Waals surface area contributed by atoms with Gasteiger partial charge in [-0.05, 0) is 27.7 Å². The molecule has 2 N–H and O–H groups in total. The van der Waals surface area contributed by atoms with Gasteiger partial charge in [-0.25, -0.2) is 13.6 Å². The minimum absolute atomic E-state index is 0.399. The maximum Gasteiger partial charge on any atom is 0.410 e. The fraction of sp³-hybridized carbons (Fsp3) is 0.909. The minimum atomic E-state index is -2.88. The van der Waals surface area contributed by atoms with E-state index in [1.165, 1.54) is 0 Å². The summed E-state index contributed by atoms with van der Waals surface area (Å²) in [6, 6.07) is -1.17. The molecule has 0 radical (unpaired) electrons. The summed E-state index contributed by atoms with van der Waals surface area (Å²) < 4.78 is 31.7. The molecule has 1 aliphatic heterocycles. The standard InChI is InChI=1S/C11H20F2N2O2/c1-7(14)8-5-11(12,13)6-15(8)9(16)17-10(2,3)4/h7-8H,5-6,14H2,1-4H3/t7-,8+/m1/s1. The Bertz CT molecular complexity index is 300. The van der Waals surface area contributed by atoms with Gasteiger partial charge in [0.15, 0.2) is 0 Å². The third-order valence-electron chi connectivity index (χ3n) is 2.54. The molecule has 17 heavy (non-hydrogen) atoms. The smallest absolute Gasteiger partial charge is 0.410 e. The monoisotopic (exact) mass is 250 g/mol. The lowest BCUT2D eigenvalue weighted by atomic mass is 10.1. The minimum Gasteiger partial charge on any atom is -0.444 e. The van der Waals surface area contributed by atoms with Crippen molar-refractivity contribution in [3.05, 3.63) is 0 Å². The second-order valence-electron chi connectivity index (χ2n) is 5.59. The highest BCUT2D eigenvalue weighted by Crippen LogP contribution is 2.34. The van der Waals surface area contributed by atoms with Gasteiger partial charge in [0, 0.05) is 12.5 Å². The van der Waals surface area contributed by atoms with Crippen molar-refractivity contribution >= 4 is 6.09 Å². The molecule has 0 aromatic rings. The zero-order valence-corrected chi connectivity index (χ0v) is 10.7. The van der Waals surface area contributed by atoms with Crippen LogP contribution in [-0.2, 0) is 4.74 Å². The Morgan fingerprint density at radius 3 is 2.47 bits per heavy atom. The van der Waals surface area contributed by atoms with Gasteiger partial charge in [-0.15, -0.1) is 0 Å². The Hall–Kier alpha value is -0.910. The number of ether oxygens (including phenoxy) is 1. The van der Waals surface area contributed by atoms with Crippen molar-refractivity contribution in [2.24, 2.45) is 5.73 Å². The van der Waals surface area contributed by atoms with Crippen LogP contribution >= 0.6 is 0 Å². The van der Waals surface area contributed by atoms with Crippen molar-refractivity contribution in [2.45, 2.75) is 57.7 Å². The van der Waals surface area contributed by atoms with Gasteiger partial charge in [0.05, 0.1) is 12.6 Å². The lowest BCUT2D eigenvalue weighted by molar-refractivity contribution is -0.00254. The average molecular weight is 250 g/mol. The summed E-state index contributed by atoms with van der Waals surface area (Å²) in [5.74, 6) is -2.88. The molecule has 0 spiro atoms. The SMILES string of the molecule is C[C@@H](N)[C@@H]1CC(F)(F)CN1C(=O)OC(C)(C)C. The second-order valence-corrected chi connectivity index (χ2v) is 5.59. The first-order valence-electron chi connectivity index (χ1n) is 5.65. The van der Waals surface area contributed by atoms with E-state index in [1.54, 1.807) is 27.7 Å². The van der Waals surface area contributed by atoms with Crippen LogP contribution in [0.3, 0.4) is 0 Å². The quantitative estimate of drug-likeness (QED) is 0.774. The largest absolute Gasteiger partial charge is 0.444 e. The van der Waals surface area contributed by atoms with E-state index in [1.807, 2.05) is 0 Å². The first-order valence-corrected chi connectivity index (χ1v) is 5.65. The number of hydrogen-bond acceptors (Lipinski definition) is 3. The van der Waals surface area contributed by atoms with Gasteiger partial charge in [-0.3, -0.25) is 4.90 Å². The lowest BCUT2D eigenvalue weighted by Crippen LogP contribution is -2.47. The molecule has 0 aliphatic carbocycles. The van der Waals surface area contributed by atoms with E-state index in [9.17, 15) is 13.6 Å². The van der Waals surface area contributed by atoms with Crippen molar-refractivity contribution in [1.82, 2.24) is 4.90 Å². The van der Waals surface area contributed by atoms with Crippen molar-refractivity contribution in [3.63, 3.8) is 0 Å². The number of alkyl halides is 2. The molecular formula is C11H20F2N2O2. The first-order chi connectivity index (χ1) is 7.52.